The number of aromatic nitrogens is 3. The Hall–Kier alpha value is -2.17. The van der Waals surface area contributed by atoms with E-state index < -0.39 is 0 Å². The Bertz CT molecular complexity index is 715. The molecule has 0 aromatic carbocycles. The quantitative estimate of drug-likeness (QED) is 0.808. The SMILES string of the molecule is COC(=O)C1CCC(Cc2cncc(-c3cc(C)nn3C)c2)CC1. The van der Waals surface area contributed by atoms with E-state index in [1.54, 1.807) is 0 Å². The molecule has 3 rings (SSSR count). The molecule has 0 amide bonds. The summed E-state index contributed by atoms with van der Waals surface area (Å²) >= 11 is 0. The van der Waals surface area contributed by atoms with Crippen LogP contribution in [-0.4, -0.2) is 27.8 Å². The number of carbonyl (C=O) groups is 1. The summed E-state index contributed by atoms with van der Waals surface area (Å²) in [6, 6.07) is 4.30. The summed E-state index contributed by atoms with van der Waals surface area (Å²) in [6.45, 7) is 2.00. The van der Waals surface area contributed by atoms with Crippen LogP contribution in [0.3, 0.4) is 0 Å². The van der Waals surface area contributed by atoms with Gasteiger partial charge in [0.15, 0.2) is 0 Å². The van der Waals surface area contributed by atoms with Crippen LogP contribution in [0.25, 0.3) is 11.3 Å². The predicted molar refractivity (Wildman–Crippen MR) is 92.3 cm³/mol. The molecule has 5 nitrogen and oxygen atoms in total. The average Bonchev–Trinajstić information content (AvgIpc) is 2.93. The minimum Gasteiger partial charge on any atom is -0.469 e. The second kappa shape index (κ2) is 7.16. The Kier molecular flexibility index (Phi) is 4.97. The number of hydrogen-bond acceptors (Lipinski definition) is 4. The van der Waals surface area contributed by atoms with Crippen molar-refractivity contribution in [1.82, 2.24) is 14.8 Å². The van der Waals surface area contributed by atoms with Gasteiger partial charge in [0, 0.05) is 25.0 Å². The van der Waals surface area contributed by atoms with Crippen molar-refractivity contribution in [2.45, 2.75) is 39.0 Å². The third kappa shape index (κ3) is 3.66. The molecule has 0 spiro atoms. The monoisotopic (exact) mass is 327 g/mol. The maximum Gasteiger partial charge on any atom is 0.308 e. The number of nitrogens with zero attached hydrogens (tertiary/aromatic N) is 3. The number of pyridine rings is 1. The Balaban J connectivity index is 1.66. The van der Waals surface area contributed by atoms with Crippen molar-refractivity contribution >= 4 is 5.97 Å². The van der Waals surface area contributed by atoms with Crippen molar-refractivity contribution in [1.29, 1.82) is 0 Å². The van der Waals surface area contributed by atoms with Crippen LogP contribution in [0.4, 0.5) is 0 Å². The van der Waals surface area contributed by atoms with Crippen LogP contribution in [0.15, 0.2) is 24.5 Å². The first-order valence-electron chi connectivity index (χ1n) is 8.59. The zero-order chi connectivity index (χ0) is 17.1. The highest BCUT2D eigenvalue weighted by Gasteiger charge is 2.27. The van der Waals surface area contributed by atoms with Crippen molar-refractivity contribution in [2.24, 2.45) is 18.9 Å². The first-order chi connectivity index (χ1) is 11.6. The van der Waals surface area contributed by atoms with Crippen LogP contribution in [0.2, 0.25) is 0 Å². The molecule has 1 fully saturated rings. The molecule has 24 heavy (non-hydrogen) atoms. The number of rotatable bonds is 4. The molecule has 5 heteroatoms. The van der Waals surface area contributed by atoms with E-state index in [-0.39, 0.29) is 11.9 Å². The fourth-order valence-corrected chi connectivity index (χ4v) is 3.72. The van der Waals surface area contributed by atoms with E-state index >= 15 is 0 Å². The number of carbonyl (C=O) groups excluding carboxylic acids is 1. The lowest BCUT2D eigenvalue weighted by Crippen LogP contribution is -2.23. The molecule has 1 aliphatic carbocycles. The molecule has 128 valence electrons. The Morgan fingerprint density at radius 2 is 2.00 bits per heavy atom. The topological polar surface area (TPSA) is 57.0 Å². The summed E-state index contributed by atoms with van der Waals surface area (Å²) in [6.07, 6.45) is 8.90. The number of methoxy groups -OCH3 is 1. The van der Waals surface area contributed by atoms with Crippen molar-refractivity contribution in [3.05, 3.63) is 35.8 Å². The normalized spacial score (nSPS) is 20.8. The Labute approximate surface area is 143 Å². The third-order valence-electron chi connectivity index (χ3n) is 5.00. The summed E-state index contributed by atoms with van der Waals surface area (Å²) in [5.74, 6) is 0.660. The minimum atomic E-state index is -0.0521. The molecule has 2 aromatic rings. The smallest absolute Gasteiger partial charge is 0.308 e. The molecule has 0 unspecified atom stereocenters. The molecule has 0 bridgehead atoms. The number of hydrogen-bond donors (Lipinski definition) is 0. The first-order valence-corrected chi connectivity index (χ1v) is 8.59. The first kappa shape index (κ1) is 16.7. The highest BCUT2D eigenvalue weighted by atomic mass is 16.5. The third-order valence-corrected chi connectivity index (χ3v) is 5.00. The predicted octanol–water partition coefficient (Wildman–Crippen LogP) is 3.31. The molecule has 0 N–H and O–H groups in total. The number of aryl methyl sites for hydroxylation is 2. The van der Waals surface area contributed by atoms with Crippen LogP contribution >= 0.6 is 0 Å². The zero-order valence-electron chi connectivity index (χ0n) is 14.7. The van der Waals surface area contributed by atoms with E-state index in [1.165, 1.54) is 12.7 Å². The van der Waals surface area contributed by atoms with Crippen molar-refractivity contribution in [3.8, 4) is 11.3 Å². The van der Waals surface area contributed by atoms with Gasteiger partial charge in [0.2, 0.25) is 0 Å². The van der Waals surface area contributed by atoms with Gasteiger partial charge in [-0.25, -0.2) is 0 Å². The molecule has 0 aliphatic heterocycles. The van der Waals surface area contributed by atoms with E-state index in [2.05, 4.69) is 22.2 Å². The summed E-state index contributed by atoms with van der Waals surface area (Å²) < 4.78 is 6.76. The van der Waals surface area contributed by atoms with Crippen molar-refractivity contribution < 1.29 is 9.53 Å². The molecule has 1 saturated carbocycles. The minimum absolute atomic E-state index is 0.0521. The Morgan fingerprint density at radius 3 is 2.62 bits per heavy atom. The van der Waals surface area contributed by atoms with Crippen LogP contribution in [-0.2, 0) is 23.0 Å². The van der Waals surface area contributed by atoms with Crippen molar-refractivity contribution in [3.63, 3.8) is 0 Å². The lowest BCUT2D eigenvalue weighted by molar-refractivity contribution is -0.146. The molecule has 0 radical (unpaired) electrons. The van der Waals surface area contributed by atoms with Gasteiger partial charge >= 0.3 is 5.97 Å². The summed E-state index contributed by atoms with van der Waals surface area (Å²) in [5, 5.41) is 4.41. The highest BCUT2D eigenvalue weighted by molar-refractivity contribution is 5.72. The van der Waals surface area contributed by atoms with Crippen molar-refractivity contribution in [2.75, 3.05) is 7.11 Å². The standard InChI is InChI=1S/C19H25N3O2/c1-13-8-18(22(2)21-13)17-10-15(11-20-12-17)9-14-4-6-16(7-5-14)19(23)24-3/h8,10-12,14,16H,4-7,9H2,1-3H3. The zero-order valence-corrected chi connectivity index (χ0v) is 14.7. The van der Waals surface area contributed by atoms with Crippen LogP contribution in [0.5, 0.6) is 0 Å². The van der Waals surface area contributed by atoms with Gasteiger partial charge in [-0.2, -0.15) is 5.10 Å². The van der Waals surface area contributed by atoms with E-state index in [1.807, 2.05) is 31.0 Å². The maximum atomic E-state index is 11.6. The lowest BCUT2D eigenvalue weighted by atomic mass is 9.79. The second-order valence-corrected chi connectivity index (χ2v) is 6.82. The lowest BCUT2D eigenvalue weighted by Gasteiger charge is -2.26. The number of esters is 1. The molecule has 2 aromatic heterocycles. The largest absolute Gasteiger partial charge is 0.469 e. The van der Waals surface area contributed by atoms with E-state index in [0.29, 0.717) is 5.92 Å². The fraction of sp³-hybridized carbons (Fsp3) is 0.526. The second-order valence-electron chi connectivity index (χ2n) is 6.82. The molecular weight excluding hydrogens is 302 g/mol. The van der Waals surface area contributed by atoms with E-state index in [9.17, 15) is 4.79 Å². The fourth-order valence-electron chi connectivity index (χ4n) is 3.72. The summed E-state index contributed by atoms with van der Waals surface area (Å²) in [4.78, 5) is 16.0. The van der Waals surface area contributed by atoms with Gasteiger partial charge in [0.25, 0.3) is 0 Å². The molecule has 1 aliphatic rings. The van der Waals surface area contributed by atoms with Crippen LogP contribution in [0, 0.1) is 18.8 Å². The van der Waals surface area contributed by atoms with Crippen LogP contribution < -0.4 is 0 Å². The summed E-state index contributed by atoms with van der Waals surface area (Å²) in [5.41, 5.74) is 4.47. The van der Waals surface area contributed by atoms with Gasteiger partial charge in [-0.1, -0.05) is 0 Å². The van der Waals surface area contributed by atoms with E-state index in [0.717, 1.165) is 49.1 Å². The highest BCUT2D eigenvalue weighted by Crippen LogP contribution is 2.32. The molecule has 2 heterocycles. The molecular formula is C19H25N3O2. The summed E-state index contributed by atoms with van der Waals surface area (Å²) in [7, 11) is 3.44. The van der Waals surface area contributed by atoms with Gasteiger partial charge in [-0.05, 0) is 62.6 Å². The van der Waals surface area contributed by atoms with Gasteiger partial charge < -0.3 is 4.74 Å². The molecule has 0 saturated heterocycles. The van der Waals surface area contributed by atoms with Gasteiger partial charge in [-0.3, -0.25) is 14.5 Å². The average molecular weight is 327 g/mol. The van der Waals surface area contributed by atoms with Gasteiger partial charge in [0.05, 0.1) is 24.4 Å². The number of ether oxygens (including phenoxy) is 1. The Morgan fingerprint density at radius 1 is 1.25 bits per heavy atom. The van der Waals surface area contributed by atoms with Crippen LogP contribution in [0.1, 0.15) is 36.9 Å². The maximum absolute atomic E-state index is 11.6. The van der Waals surface area contributed by atoms with E-state index in [4.69, 9.17) is 4.74 Å². The molecule has 0 atom stereocenters. The van der Waals surface area contributed by atoms with Gasteiger partial charge in [-0.15, -0.1) is 0 Å². The van der Waals surface area contributed by atoms with Gasteiger partial charge in [0.1, 0.15) is 0 Å².